The molecule has 0 aromatic heterocycles. The molecule has 1 aromatic carbocycles. The number of methoxy groups -OCH3 is 2. The highest BCUT2D eigenvalue weighted by molar-refractivity contribution is 8.37. The number of thioether (sulfide) groups is 2. The van der Waals surface area contributed by atoms with Crippen molar-refractivity contribution in [1.82, 2.24) is 0 Å². The molecule has 0 saturated carbocycles. The molecule has 1 aliphatic rings. The molecular formula is C15H15NO4S2. The molecule has 1 heterocycles. The first-order valence-electron chi connectivity index (χ1n) is 6.31. The predicted molar refractivity (Wildman–Crippen MR) is 89.9 cm³/mol. The van der Waals surface area contributed by atoms with Crippen molar-refractivity contribution in [2.24, 2.45) is 5.73 Å². The number of benzene rings is 1. The summed E-state index contributed by atoms with van der Waals surface area (Å²) in [5.41, 5.74) is 6.05. The van der Waals surface area contributed by atoms with Gasteiger partial charge in [-0.15, -0.1) is 23.5 Å². The van der Waals surface area contributed by atoms with Gasteiger partial charge in [-0.2, -0.15) is 0 Å². The van der Waals surface area contributed by atoms with Gasteiger partial charge in [0, 0.05) is 16.7 Å². The number of rotatable bonds is 6. The van der Waals surface area contributed by atoms with E-state index in [-0.39, 0.29) is 5.57 Å². The maximum atomic E-state index is 12.2. The molecule has 22 heavy (non-hydrogen) atoms. The van der Waals surface area contributed by atoms with E-state index in [1.165, 1.54) is 36.7 Å². The molecular weight excluding hydrogens is 322 g/mol. The molecule has 1 amide bonds. The highest BCUT2D eigenvalue weighted by Crippen LogP contribution is 2.45. The van der Waals surface area contributed by atoms with Crippen molar-refractivity contribution in [1.29, 1.82) is 0 Å². The van der Waals surface area contributed by atoms with Crippen LogP contribution in [0.3, 0.4) is 0 Å². The molecule has 0 spiro atoms. The van der Waals surface area contributed by atoms with Gasteiger partial charge in [0.2, 0.25) is 0 Å². The fourth-order valence-corrected chi connectivity index (χ4v) is 3.42. The largest absolute Gasteiger partial charge is 0.497 e. The third-order valence-electron chi connectivity index (χ3n) is 2.93. The summed E-state index contributed by atoms with van der Waals surface area (Å²) in [5, 5.41) is 0.829. The van der Waals surface area contributed by atoms with Crippen LogP contribution in [0.2, 0.25) is 0 Å². The van der Waals surface area contributed by atoms with E-state index in [9.17, 15) is 9.59 Å². The highest BCUT2D eigenvalue weighted by Gasteiger charge is 2.24. The van der Waals surface area contributed by atoms with E-state index in [0.717, 1.165) is 5.08 Å². The molecule has 116 valence electrons. The van der Waals surface area contributed by atoms with Crippen molar-refractivity contribution in [3.05, 3.63) is 39.6 Å². The van der Waals surface area contributed by atoms with Crippen molar-refractivity contribution in [2.75, 3.05) is 19.3 Å². The van der Waals surface area contributed by atoms with Gasteiger partial charge in [-0.25, -0.2) is 0 Å². The third kappa shape index (κ3) is 3.66. The first-order chi connectivity index (χ1) is 10.6. The maximum absolute atomic E-state index is 12.2. The van der Waals surface area contributed by atoms with Gasteiger partial charge >= 0.3 is 0 Å². The summed E-state index contributed by atoms with van der Waals surface area (Å²) in [4.78, 5) is 23.6. The Morgan fingerprint density at radius 2 is 1.95 bits per heavy atom. The van der Waals surface area contributed by atoms with Crippen LogP contribution in [-0.4, -0.2) is 31.0 Å². The van der Waals surface area contributed by atoms with Gasteiger partial charge in [0.15, 0.2) is 5.78 Å². The molecule has 2 N–H and O–H groups in total. The molecule has 0 atom stereocenters. The van der Waals surface area contributed by atoms with Gasteiger partial charge in [-0.1, -0.05) is 0 Å². The van der Waals surface area contributed by atoms with Crippen molar-refractivity contribution >= 4 is 41.3 Å². The zero-order valence-corrected chi connectivity index (χ0v) is 13.8. The quantitative estimate of drug-likeness (QED) is 0.488. The van der Waals surface area contributed by atoms with Crippen LogP contribution in [-0.2, 0) is 9.59 Å². The van der Waals surface area contributed by atoms with E-state index in [2.05, 4.69) is 0 Å². The first-order valence-corrected chi connectivity index (χ1v) is 8.28. The standard InChI is InChI=1S/C15H15NO4S2/c1-19-10-5-3-9(12(7-10)20-2)4-6-11(17)13(14(16)18)15-21-8-22-15/h3-7H,8H2,1-2H3,(H2,16,18). The molecule has 1 aliphatic heterocycles. The SMILES string of the molecule is COc1ccc(C=CC(=O)C(C(N)=O)=C2SCS2)c(OC)c1. The number of nitrogens with two attached hydrogens (primary N) is 1. The maximum Gasteiger partial charge on any atom is 0.254 e. The topological polar surface area (TPSA) is 78.6 Å². The van der Waals surface area contributed by atoms with Gasteiger partial charge in [0.05, 0.1) is 18.5 Å². The molecule has 0 radical (unpaired) electrons. The Bertz CT molecular complexity index is 662. The average molecular weight is 337 g/mol. The molecule has 1 fully saturated rings. The molecule has 0 aliphatic carbocycles. The minimum atomic E-state index is -0.703. The number of ketones is 1. The number of allylic oxidation sites excluding steroid dienone is 1. The fraction of sp³-hybridized carbons (Fsp3) is 0.200. The monoisotopic (exact) mass is 337 g/mol. The number of ether oxygens (including phenoxy) is 2. The van der Waals surface area contributed by atoms with Gasteiger partial charge in [-0.3, -0.25) is 9.59 Å². The van der Waals surface area contributed by atoms with Crippen molar-refractivity contribution in [2.45, 2.75) is 0 Å². The zero-order valence-electron chi connectivity index (χ0n) is 12.1. The summed E-state index contributed by atoms with van der Waals surface area (Å²) in [6, 6.07) is 5.25. The molecule has 0 unspecified atom stereocenters. The van der Waals surface area contributed by atoms with E-state index >= 15 is 0 Å². The Balaban J connectivity index is 2.24. The van der Waals surface area contributed by atoms with Crippen LogP contribution in [0.4, 0.5) is 0 Å². The lowest BCUT2D eigenvalue weighted by molar-refractivity contribution is -0.118. The van der Waals surface area contributed by atoms with Gasteiger partial charge in [-0.05, 0) is 24.3 Å². The Labute approximate surface area is 136 Å². The molecule has 1 saturated heterocycles. The number of hydrogen-bond acceptors (Lipinski definition) is 6. The Kier molecular flexibility index (Phi) is 5.57. The van der Waals surface area contributed by atoms with Gasteiger partial charge in [0.1, 0.15) is 17.1 Å². The van der Waals surface area contributed by atoms with Crippen molar-refractivity contribution in [3.8, 4) is 11.5 Å². The highest BCUT2D eigenvalue weighted by atomic mass is 32.3. The Morgan fingerprint density at radius 1 is 1.23 bits per heavy atom. The number of primary amides is 1. The summed E-state index contributed by atoms with van der Waals surface area (Å²) >= 11 is 2.90. The van der Waals surface area contributed by atoms with E-state index in [1.54, 1.807) is 31.4 Å². The lowest BCUT2D eigenvalue weighted by Gasteiger charge is -2.17. The number of carbonyl (C=O) groups is 2. The molecule has 1 aromatic rings. The fourth-order valence-electron chi connectivity index (χ4n) is 1.79. The summed E-state index contributed by atoms with van der Waals surface area (Å²) in [5.74, 6) is 0.123. The third-order valence-corrected chi connectivity index (χ3v) is 5.51. The molecule has 2 rings (SSSR count). The predicted octanol–water partition coefficient (Wildman–Crippen LogP) is 2.42. The van der Waals surface area contributed by atoms with Crippen molar-refractivity contribution in [3.63, 3.8) is 0 Å². The second-order valence-corrected chi connectivity index (χ2v) is 6.83. The summed E-state index contributed by atoms with van der Waals surface area (Å²) in [7, 11) is 3.10. The summed E-state index contributed by atoms with van der Waals surface area (Å²) in [6.45, 7) is 0. The van der Waals surface area contributed by atoms with Crippen LogP contribution < -0.4 is 15.2 Å². The number of hydrogen-bond donors (Lipinski definition) is 1. The lowest BCUT2D eigenvalue weighted by Crippen LogP contribution is -2.21. The molecule has 5 nitrogen and oxygen atoms in total. The summed E-state index contributed by atoms with van der Waals surface area (Å²) in [6.07, 6.45) is 2.93. The lowest BCUT2D eigenvalue weighted by atomic mass is 10.1. The first kappa shape index (κ1) is 16.5. The minimum Gasteiger partial charge on any atom is -0.497 e. The minimum absolute atomic E-state index is 0.0463. The van der Waals surface area contributed by atoms with Crippen LogP contribution in [0.5, 0.6) is 11.5 Å². The molecule has 7 heteroatoms. The van der Waals surface area contributed by atoms with E-state index < -0.39 is 11.7 Å². The number of amides is 1. The number of carbonyl (C=O) groups excluding carboxylic acids is 2. The van der Waals surface area contributed by atoms with E-state index in [0.29, 0.717) is 21.3 Å². The average Bonchev–Trinajstić information content (AvgIpc) is 2.47. The smallest absolute Gasteiger partial charge is 0.254 e. The Hall–Kier alpha value is -1.86. The van der Waals surface area contributed by atoms with Crippen LogP contribution in [0.25, 0.3) is 6.08 Å². The van der Waals surface area contributed by atoms with Crippen molar-refractivity contribution < 1.29 is 19.1 Å². The van der Waals surface area contributed by atoms with E-state index in [4.69, 9.17) is 15.2 Å². The second-order valence-electron chi connectivity index (χ2n) is 4.24. The van der Waals surface area contributed by atoms with Crippen LogP contribution in [0.1, 0.15) is 5.56 Å². The second kappa shape index (κ2) is 7.42. The normalized spacial score (nSPS) is 13.6. The van der Waals surface area contributed by atoms with Gasteiger partial charge < -0.3 is 15.2 Å². The zero-order chi connectivity index (χ0) is 16.1. The Morgan fingerprint density at radius 3 is 2.45 bits per heavy atom. The summed E-state index contributed by atoms with van der Waals surface area (Å²) < 4.78 is 11.1. The van der Waals surface area contributed by atoms with E-state index in [1.807, 2.05) is 0 Å². The van der Waals surface area contributed by atoms with Crippen LogP contribution in [0.15, 0.2) is 34.1 Å². The molecule has 0 bridgehead atoms. The van der Waals surface area contributed by atoms with Gasteiger partial charge in [0.25, 0.3) is 5.91 Å². The van der Waals surface area contributed by atoms with Crippen LogP contribution >= 0.6 is 23.5 Å². The van der Waals surface area contributed by atoms with Crippen LogP contribution in [0, 0.1) is 0 Å².